The molecule has 0 atom stereocenters. The molecule has 3 rings (SSSR count). The third-order valence-corrected chi connectivity index (χ3v) is 4.36. The van der Waals surface area contributed by atoms with Crippen LogP contribution in [0.4, 0.5) is 8.78 Å². The first-order valence-electron chi connectivity index (χ1n) is 7.78. The number of hydrogen-bond acceptors (Lipinski definition) is 5. The summed E-state index contributed by atoms with van der Waals surface area (Å²) in [5.74, 6) is 0.846. The second-order valence-electron chi connectivity index (χ2n) is 5.43. The quantitative estimate of drug-likeness (QED) is 0.441. The molecular formula is C19H16F2N2O2S. The first kappa shape index (κ1) is 18.1. The van der Waals surface area contributed by atoms with Crippen LogP contribution in [0.2, 0.25) is 0 Å². The highest BCUT2D eigenvalue weighted by Crippen LogP contribution is 2.27. The van der Waals surface area contributed by atoms with Gasteiger partial charge in [-0.05, 0) is 42.8 Å². The van der Waals surface area contributed by atoms with Crippen LogP contribution in [0.1, 0.15) is 11.3 Å². The highest BCUT2D eigenvalue weighted by atomic mass is 32.2. The third-order valence-electron chi connectivity index (χ3n) is 3.46. The zero-order valence-corrected chi connectivity index (χ0v) is 15.0. The molecule has 4 nitrogen and oxygen atoms in total. The molecule has 0 amide bonds. The molecule has 1 aromatic heterocycles. The zero-order chi connectivity index (χ0) is 18.5. The lowest BCUT2D eigenvalue weighted by Crippen LogP contribution is -1.96. The molecule has 0 fully saturated rings. The van der Waals surface area contributed by atoms with E-state index >= 15 is 0 Å². The molecule has 0 radical (unpaired) electrons. The Kier molecular flexibility index (Phi) is 5.68. The van der Waals surface area contributed by atoms with Gasteiger partial charge in [0.05, 0.1) is 7.11 Å². The van der Waals surface area contributed by atoms with Crippen LogP contribution in [0.3, 0.4) is 0 Å². The smallest absolute Gasteiger partial charge is 0.223 e. The molecule has 0 aliphatic heterocycles. The van der Waals surface area contributed by atoms with Gasteiger partial charge < -0.3 is 9.47 Å². The van der Waals surface area contributed by atoms with Gasteiger partial charge in [0.25, 0.3) is 0 Å². The van der Waals surface area contributed by atoms with E-state index in [4.69, 9.17) is 9.47 Å². The maximum absolute atomic E-state index is 13.7. The topological polar surface area (TPSA) is 44.2 Å². The van der Waals surface area contributed by atoms with E-state index in [0.29, 0.717) is 22.3 Å². The molecule has 7 heteroatoms. The number of rotatable bonds is 6. The summed E-state index contributed by atoms with van der Waals surface area (Å²) in [4.78, 5) is 8.66. The summed E-state index contributed by atoms with van der Waals surface area (Å²) in [7, 11) is 1.59. The standard InChI is InChI=1S/C19H16F2N2O2S/c1-12-9-18(25-16-7-5-15(24-2)6-8-16)23-19(22-12)26-11-13-3-4-14(20)10-17(13)21/h3-10H,11H2,1-2H3. The third kappa shape index (κ3) is 4.70. The molecule has 0 unspecified atom stereocenters. The molecule has 0 saturated heterocycles. The van der Waals surface area contributed by atoms with E-state index in [0.717, 1.165) is 17.5 Å². The predicted molar refractivity (Wildman–Crippen MR) is 95.8 cm³/mol. The minimum atomic E-state index is -0.599. The summed E-state index contributed by atoms with van der Waals surface area (Å²) in [6.45, 7) is 1.82. The molecule has 0 spiro atoms. The van der Waals surface area contributed by atoms with Crippen molar-refractivity contribution in [1.82, 2.24) is 9.97 Å². The average Bonchev–Trinajstić information content (AvgIpc) is 2.61. The second-order valence-corrected chi connectivity index (χ2v) is 6.37. The Morgan fingerprint density at radius 2 is 1.69 bits per heavy atom. The minimum Gasteiger partial charge on any atom is -0.497 e. The Labute approximate surface area is 154 Å². The van der Waals surface area contributed by atoms with Crippen LogP contribution in [0.25, 0.3) is 0 Å². The fourth-order valence-corrected chi connectivity index (χ4v) is 3.06. The van der Waals surface area contributed by atoms with Gasteiger partial charge in [0.1, 0.15) is 23.1 Å². The average molecular weight is 374 g/mol. The number of hydrogen-bond donors (Lipinski definition) is 0. The molecule has 0 aliphatic carbocycles. The molecule has 0 aliphatic rings. The van der Waals surface area contributed by atoms with Gasteiger partial charge in [0, 0.05) is 23.6 Å². The Hall–Kier alpha value is -2.67. The van der Waals surface area contributed by atoms with Crippen LogP contribution < -0.4 is 9.47 Å². The van der Waals surface area contributed by atoms with Crippen LogP contribution >= 0.6 is 11.8 Å². The summed E-state index contributed by atoms with van der Waals surface area (Å²) < 4.78 is 37.6. The number of ether oxygens (including phenoxy) is 2. The van der Waals surface area contributed by atoms with Crippen molar-refractivity contribution in [2.24, 2.45) is 0 Å². The molecule has 3 aromatic rings. The van der Waals surface area contributed by atoms with Crippen molar-refractivity contribution in [1.29, 1.82) is 0 Å². The number of benzene rings is 2. The predicted octanol–water partition coefficient (Wildman–Crippen LogP) is 5.16. The summed E-state index contributed by atoms with van der Waals surface area (Å²) in [6, 6.07) is 12.4. The maximum atomic E-state index is 13.7. The second kappa shape index (κ2) is 8.14. The van der Waals surface area contributed by atoms with E-state index < -0.39 is 11.6 Å². The van der Waals surface area contributed by atoms with E-state index in [1.54, 1.807) is 37.4 Å². The van der Waals surface area contributed by atoms with Gasteiger partial charge in [-0.2, -0.15) is 4.98 Å². The summed E-state index contributed by atoms with van der Waals surface area (Å²) in [5.41, 5.74) is 1.12. The van der Waals surface area contributed by atoms with Gasteiger partial charge in [0.2, 0.25) is 5.88 Å². The Morgan fingerprint density at radius 3 is 2.38 bits per heavy atom. The lowest BCUT2D eigenvalue weighted by Gasteiger charge is -2.08. The van der Waals surface area contributed by atoms with Crippen LogP contribution in [0.15, 0.2) is 53.7 Å². The number of nitrogens with zero attached hydrogens (tertiary/aromatic N) is 2. The fraction of sp³-hybridized carbons (Fsp3) is 0.158. The number of methoxy groups -OCH3 is 1. The molecule has 0 saturated carbocycles. The molecule has 0 bridgehead atoms. The van der Waals surface area contributed by atoms with Gasteiger partial charge >= 0.3 is 0 Å². The highest BCUT2D eigenvalue weighted by molar-refractivity contribution is 7.98. The van der Waals surface area contributed by atoms with Crippen LogP contribution in [-0.2, 0) is 5.75 Å². The van der Waals surface area contributed by atoms with E-state index in [9.17, 15) is 8.78 Å². The van der Waals surface area contributed by atoms with E-state index in [2.05, 4.69) is 9.97 Å². The van der Waals surface area contributed by atoms with Crippen molar-refractivity contribution in [3.63, 3.8) is 0 Å². The van der Waals surface area contributed by atoms with Gasteiger partial charge in [-0.15, -0.1) is 0 Å². The molecule has 0 N–H and O–H groups in total. The van der Waals surface area contributed by atoms with Crippen molar-refractivity contribution in [3.05, 3.63) is 71.4 Å². The summed E-state index contributed by atoms with van der Waals surface area (Å²) in [5, 5.41) is 0.456. The lowest BCUT2D eigenvalue weighted by atomic mass is 10.2. The van der Waals surface area contributed by atoms with E-state index in [1.165, 1.54) is 23.9 Å². The minimum absolute atomic E-state index is 0.289. The van der Waals surface area contributed by atoms with Crippen LogP contribution in [0, 0.1) is 18.6 Å². The van der Waals surface area contributed by atoms with Crippen molar-refractivity contribution < 1.29 is 18.3 Å². The Morgan fingerprint density at radius 1 is 0.962 bits per heavy atom. The van der Waals surface area contributed by atoms with E-state index in [1.807, 2.05) is 6.92 Å². The summed E-state index contributed by atoms with van der Waals surface area (Å²) >= 11 is 1.25. The van der Waals surface area contributed by atoms with Gasteiger partial charge in [0.15, 0.2) is 5.16 Å². The fourth-order valence-electron chi connectivity index (χ4n) is 2.18. The normalized spacial score (nSPS) is 10.6. The number of aryl methyl sites for hydroxylation is 1. The Balaban J connectivity index is 1.72. The lowest BCUT2D eigenvalue weighted by molar-refractivity contribution is 0.411. The molecule has 2 aromatic carbocycles. The monoisotopic (exact) mass is 374 g/mol. The molecule has 1 heterocycles. The SMILES string of the molecule is COc1ccc(Oc2cc(C)nc(SCc3ccc(F)cc3F)n2)cc1. The first-order chi connectivity index (χ1) is 12.5. The Bertz CT molecular complexity index is 905. The maximum Gasteiger partial charge on any atom is 0.223 e. The largest absolute Gasteiger partial charge is 0.497 e. The summed E-state index contributed by atoms with van der Waals surface area (Å²) in [6.07, 6.45) is 0. The number of aromatic nitrogens is 2. The van der Waals surface area contributed by atoms with Crippen LogP contribution in [0.5, 0.6) is 17.4 Å². The van der Waals surface area contributed by atoms with Gasteiger partial charge in [-0.1, -0.05) is 17.8 Å². The highest BCUT2D eigenvalue weighted by Gasteiger charge is 2.09. The number of halogens is 2. The van der Waals surface area contributed by atoms with Crippen LogP contribution in [-0.4, -0.2) is 17.1 Å². The molecule has 26 heavy (non-hydrogen) atoms. The molecular weight excluding hydrogens is 358 g/mol. The van der Waals surface area contributed by atoms with E-state index in [-0.39, 0.29) is 5.75 Å². The van der Waals surface area contributed by atoms with Gasteiger partial charge in [-0.25, -0.2) is 13.8 Å². The van der Waals surface area contributed by atoms with Gasteiger partial charge in [-0.3, -0.25) is 0 Å². The van der Waals surface area contributed by atoms with Crippen molar-refractivity contribution >= 4 is 11.8 Å². The zero-order valence-electron chi connectivity index (χ0n) is 14.2. The van der Waals surface area contributed by atoms with Crippen molar-refractivity contribution in [2.45, 2.75) is 17.8 Å². The molecule has 134 valence electrons. The van der Waals surface area contributed by atoms with Crippen molar-refractivity contribution in [3.8, 4) is 17.4 Å². The first-order valence-corrected chi connectivity index (χ1v) is 8.76. The number of thioether (sulfide) groups is 1. The van der Waals surface area contributed by atoms with Crippen molar-refractivity contribution in [2.75, 3.05) is 7.11 Å².